The summed E-state index contributed by atoms with van der Waals surface area (Å²) in [6.45, 7) is 0.347. The summed E-state index contributed by atoms with van der Waals surface area (Å²) in [5, 5.41) is 11.2. The fraction of sp³-hybridized carbons (Fsp3) is 0.0909. The van der Waals surface area contributed by atoms with Gasteiger partial charge in [0.15, 0.2) is 0 Å². The Hall–Kier alpha value is -3.60. The zero-order valence-corrected chi connectivity index (χ0v) is 14.7. The topological polar surface area (TPSA) is 61.6 Å². The number of methoxy groups -OCH3 is 1. The van der Waals surface area contributed by atoms with Crippen molar-refractivity contribution < 1.29 is 14.4 Å². The van der Waals surface area contributed by atoms with E-state index in [1.807, 2.05) is 54.6 Å². The molecule has 0 saturated heterocycles. The maximum Gasteiger partial charge on any atom is 0.270 e. The first-order valence-electron chi connectivity index (χ1n) is 8.52. The van der Waals surface area contributed by atoms with Crippen molar-refractivity contribution in [2.24, 2.45) is 0 Å². The smallest absolute Gasteiger partial charge is 0.270 e. The number of nitro benzene ring substituents is 1. The minimum Gasteiger partial charge on any atom is -0.497 e. The highest BCUT2D eigenvalue weighted by Gasteiger charge is 2.23. The molecule has 0 amide bonds. The van der Waals surface area contributed by atoms with Crippen LogP contribution in [0.25, 0.3) is 11.1 Å². The van der Waals surface area contributed by atoms with Crippen LogP contribution in [0.1, 0.15) is 16.7 Å². The lowest BCUT2D eigenvalue weighted by Gasteiger charge is -2.25. The van der Waals surface area contributed by atoms with E-state index in [0.29, 0.717) is 6.61 Å². The molecule has 0 spiro atoms. The predicted octanol–water partition coefficient (Wildman–Crippen LogP) is 4.95. The summed E-state index contributed by atoms with van der Waals surface area (Å²) in [4.78, 5) is 10.8. The van der Waals surface area contributed by atoms with E-state index in [0.717, 1.165) is 39.3 Å². The number of benzene rings is 3. The van der Waals surface area contributed by atoms with Gasteiger partial charge in [-0.15, -0.1) is 0 Å². The molecule has 0 aliphatic carbocycles. The molecule has 0 fully saturated rings. The molecule has 0 atom stereocenters. The van der Waals surface area contributed by atoms with E-state index in [9.17, 15) is 10.1 Å². The molecule has 4 rings (SSSR count). The molecule has 1 heterocycles. The van der Waals surface area contributed by atoms with Crippen molar-refractivity contribution in [3.05, 3.63) is 99.6 Å². The van der Waals surface area contributed by atoms with Crippen LogP contribution < -0.4 is 9.47 Å². The fourth-order valence-corrected chi connectivity index (χ4v) is 3.31. The van der Waals surface area contributed by atoms with Gasteiger partial charge < -0.3 is 9.47 Å². The summed E-state index contributed by atoms with van der Waals surface area (Å²) in [5.74, 6) is 1.58. The molecule has 0 aromatic heterocycles. The van der Waals surface area contributed by atoms with Crippen LogP contribution in [0, 0.1) is 10.1 Å². The van der Waals surface area contributed by atoms with Gasteiger partial charge in [-0.3, -0.25) is 10.1 Å². The van der Waals surface area contributed by atoms with Crippen LogP contribution >= 0.6 is 0 Å². The highest BCUT2D eigenvalue weighted by molar-refractivity contribution is 6.01. The number of hydrogen-bond donors (Lipinski definition) is 0. The van der Waals surface area contributed by atoms with Crippen LogP contribution in [0.4, 0.5) is 5.69 Å². The molecule has 5 heteroatoms. The number of hydrogen-bond acceptors (Lipinski definition) is 4. The van der Waals surface area contributed by atoms with E-state index in [-0.39, 0.29) is 10.6 Å². The molecule has 0 N–H and O–H groups in total. The number of nitrogens with zero attached hydrogens (tertiary/aromatic N) is 1. The average molecular weight is 359 g/mol. The predicted molar refractivity (Wildman–Crippen MR) is 104 cm³/mol. The van der Waals surface area contributed by atoms with E-state index in [1.54, 1.807) is 19.2 Å². The van der Waals surface area contributed by atoms with E-state index in [4.69, 9.17) is 9.47 Å². The average Bonchev–Trinajstić information content (AvgIpc) is 2.73. The quantitative estimate of drug-likeness (QED) is 0.488. The third kappa shape index (κ3) is 3.15. The van der Waals surface area contributed by atoms with Crippen LogP contribution in [0.2, 0.25) is 0 Å². The van der Waals surface area contributed by atoms with Gasteiger partial charge in [-0.1, -0.05) is 42.5 Å². The SMILES string of the molecule is COc1ccc(C2=C(c3cccc([N+](=O)[O-])c3)COc3ccccc32)cc1. The first-order valence-corrected chi connectivity index (χ1v) is 8.52. The van der Waals surface area contributed by atoms with E-state index in [1.165, 1.54) is 6.07 Å². The molecule has 3 aromatic carbocycles. The zero-order chi connectivity index (χ0) is 18.8. The van der Waals surface area contributed by atoms with Crippen LogP contribution in [0.15, 0.2) is 72.8 Å². The Labute approximate surface area is 156 Å². The number of nitro groups is 1. The molecule has 3 aromatic rings. The lowest BCUT2D eigenvalue weighted by Crippen LogP contribution is -2.11. The highest BCUT2D eigenvalue weighted by atomic mass is 16.6. The molecule has 1 aliphatic rings. The Morgan fingerprint density at radius 1 is 0.963 bits per heavy atom. The number of ether oxygens (including phenoxy) is 2. The van der Waals surface area contributed by atoms with Crippen LogP contribution in [0.5, 0.6) is 11.5 Å². The lowest BCUT2D eigenvalue weighted by atomic mass is 9.87. The van der Waals surface area contributed by atoms with E-state index >= 15 is 0 Å². The highest BCUT2D eigenvalue weighted by Crippen LogP contribution is 2.41. The number of rotatable bonds is 4. The molecule has 134 valence electrons. The first-order chi connectivity index (χ1) is 13.2. The molecule has 0 unspecified atom stereocenters. The van der Waals surface area contributed by atoms with Crippen LogP contribution in [-0.2, 0) is 0 Å². The minimum atomic E-state index is -0.380. The van der Waals surface area contributed by atoms with Crippen LogP contribution in [-0.4, -0.2) is 18.6 Å². The molecular formula is C22H17NO4. The van der Waals surface area contributed by atoms with Crippen molar-refractivity contribution in [3.63, 3.8) is 0 Å². The Morgan fingerprint density at radius 2 is 1.74 bits per heavy atom. The van der Waals surface area contributed by atoms with Gasteiger partial charge in [-0.25, -0.2) is 0 Å². The number of para-hydroxylation sites is 1. The molecule has 5 nitrogen and oxygen atoms in total. The molecular weight excluding hydrogens is 342 g/mol. The fourth-order valence-electron chi connectivity index (χ4n) is 3.31. The van der Waals surface area contributed by atoms with Gasteiger partial charge >= 0.3 is 0 Å². The minimum absolute atomic E-state index is 0.0629. The molecule has 0 bridgehead atoms. The Bertz CT molecular complexity index is 1040. The second-order valence-corrected chi connectivity index (χ2v) is 6.17. The zero-order valence-electron chi connectivity index (χ0n) is 14.7. The molecule has 0 radical (unpaired) electrons. The normalized spacial score (nSPS) is 12.9. The monoisotopic (exact) mass is 359 g/mol. The van der Waals surface area contributed by atoms with E-state index in [2.05, 4.69) is 0 Å². The van der Waals surface area contributed by atoms with Gasteiger partial charge in [0.05, 0.1) is 12.0 Å². The van der Waals surface area contributed by atoms with Crippen molar-refractivity contribution in [3.8, 4) is 11.5 Å². The maximum absolute atomic E-state index is 11.2. The summed E-state index contributed by atoms with van der Waals surface area (Å²) in [5.41, 5.74) is 4.75. The summed E-state index contributed by atoms with van der Waals surface area (Å²) in [6, 6.07) is 22.3. The van der Waals surface area contributed by atoms with Crippen molar-refractivity contribution in [1.82, 2.24) is 0 Å². The van der Waals surface area contributed by atoms with Gasteiger partial charge in [-0.05, 0) is 34.9 Å². The third-order valence-electron chi connectivity index (χ3n) is 4.61. The van der Waals surface area contributed by atoms with E-state index < -0.39 is 0 Å². The Balaban J connectivity index is 1.94. The van der Waals surface area contributed by atoms with Gasteiger partial charge in [0, 0.05) is 23.3 Å². The molecule has 0 saturated carbocycles. The summed E-state index contributed by atoms with van der Waals surface area (Å²) >= 11 is 0. The Morgan fingerprint density at radius 3 is 2.48 bits per heavy atom. The molecule has 1 aliphatic heterocycles. The van der Waals surface area contributed by atoms with Gasteiger partial charge in [0.25, 0.3) is 5.69 Å². The first kappa shape index (κ1) is 16.8. The van der Waals surface area contributed by atoms with Gasteiger partial charge in [-0.2, -0.15) is 0 Å². The number of non-ortho nitro benzene ring substituents is 1. The number of fused-ring (bicyclic) bond motifs is 1. The third-order valence-corrected chi connectivity index (χ3v) is 4.61. The maximum atomic E-state index is 11.2. The Kier molecular flexibility index (Phi) is 4.34. The van der Waals surface area contributed by atoms with Crippen molar-refractivity contribution in [2.45, 2.75) is 0 Å². The second kappa shape index (κ2) is 6.96. The second-order valence-electron chi connectivity index (χ2n) is 6.17. The van der Waals surface area contributed by atoms with Crippen molar-refractivity contribution in [2.75, 3.05) is 13.7 Å². The van der Waals surface area contributed by atoms with Gasteiger partial charge in [0.1, 0.15) is 18.1 Å². The van der Waals surface area contributed by atoms with Crippen molar-refractivity contribution >= 4 is 16.8 Å². The molecule has 27 heavy (non-hydrogen) atoms. The van der Waals surface area contributed by atoms with Gasteiger partial charge in [0.2, 0.25) is 0 Å². The summed E-state index contributed by atoms with van der Waals surface area (Å²) < 4.78 is 11.2. The van der Waals surface area contributed by atoms with Crippen molar-refractivity contribution in [1.29, 1.82) is 0 Å². The van der Waals surface area contributed by atoms with Crippen LogP contribution in [0.3, 0.4) is 0 Å². The lowest BCUT2D eigenvalue weighted by molar-refractivity contribution is -0.384. The summed E-state index contributed by atoms with van der Waals surface area (Å²) in [6.07, 6.45) is 0. The summed E-state index contributed by atoms with van der Waals surface area (Å²) in [7, 11) is 1.63. The largest absolute Gasteiger partial charge is 0.497 e. The standard InChI is InChI=1S/C22H17NO4/c1-26-18-11-9-15(10-12-18)22-19-7-2-3-8-21(19)27-14-20(22)16-5-4-6-17(13-16)23(24)25/h2-13H,14H2,1H3.